The van der Waals surface area contributed by atoms with Crippen molar-refractivity contribution in [1.29, 1.82) is 0 Å². The molecule has 0 N–H and O–H groups in total. The van der Waals surface area contributed by atoms with E-state index in [2.05, 4.69) is 42.8 Å². The van der Waals surface area contributed by atoms with Gasteiger partial charge in [-0.05, 0) is 23.9 Å². The van der Waals surface area contributed by atoms with E-state index >= 15 is 0 Å². The number of ketones is 1. The summed E-state index contributed by atoms with van der Waals surface area (Å²) < 4.78 is 0. The smallest absolute Gasteiger partial charge is 0.134 e. The molecule has 0 spiro atoms. The minimum absolute atomic E-state index is 0.0788. The Bertz CT molecular complexity index is 586. The number of carbonyl (C=O) groups is 1. The van der Waals surface area contributed by atoms with Crippen molar-refractivity contribution in [1.82, 2.24) is 4.98 Å². The summed E-state index contributed by atoms with van der Waals surface area (Å²) in [7, 11) is -1.54. The SMILES string of the molecule is CC(=O)[C@H](c1ccc2cnccc2c1)[Si](C)(C)C. The summed E-state index contributed by atoms with van der Waals surface area (Å²) in [5, 5.41) is 2.28. The van der Waals surface area contributed by atoms with E-state index in [0.29, 0.717) is 0 Å². The van der Waals surface area contributed by atoms with Crippen LogP contribution in [-0.4, -0.2) is 18.8 Å². The second kappa shape index (κ2) is 4.65. The van der Waals surface area contributed by atoms with Gasteiger partial charge in [0, 0.05) is 23.3 Å². The molecule has 0 saturated heterocycles. The highest BCUT2D eigenvalue weighted by atomic mass is 28.3. The molecule has 2 rings (SSSR count). The van der Waals surface area contributed by atoms with E-state index in [1.54, 1.807) is 13.1 Å². The molecule has 2 nitrogen and oxygen atoms in total. The molecule has 0 amide bonds. The minimum atomic E-state index is -1.54. The van der Waals surface area contributed by atoms with Crippen LogP contribution in [0.3, 0.4) is 0 Å². The van der Waals surface area contributed by atoms with E-state index in [9.17, 15) is 4.79 Å². The number of rotatable bonds is 3. The molecule has 0 fully saturated rings. The molecule has 18 heavy (non-hydrogen) atoms. The lowest BCUT2D eigenvalue weighted by Crippen LogP contribution is -2.35. The summed E-state index contributed by atoms with van der Waals surface area (Å²) in [5.41, 5.74) is 1.23. The van der Waals surface area contributed by atoms with E-state index in [0.717, 1.165) is 16.3 Å². The van der Waals surface area contributed by atoms with Gasteiger partial charge in [-0.2, -0.15) is 0 Å². The maximum Gasteiger partial charge on any atom is 0.134 e. The zero-order valence-electron chi connectivity index (χ0n) is 11.4. The van der Waals surface area contributed by atoms with Crippen molar-refractivity contribution in [2.24, 2.45) is 0 Å². The Morgan fingerprint density at radius 2 is 1.89 bits per heavy atom. The number of carbonyl (C=O) groups excluding carboxylic acids is 1. The summed E-state index contributed by atoms with van der Waals surface area (Å²) in [6, 6.07) is 8.28. The molecule has 1 atom stereocenters. The van der Waals surface area contributed by atoms with Crippen LogP contribution >= 0.6 is 0 Å². The first-order valence-electron chi connectivity index (χ1n) is 6.24. The van der Waals surface area contributed by atoms with Gasteiger partial charge in [-0.25, -0.2) is 0 Å². The van der Waals surface area contributed by atoms with Gasteiger partial charge in [0.15, 0.2) is 0 Å². The highest BCUT2D eigenvalue weighted by Gasteiger charge is 2.31. The Kier molecular flexibility index (Phi) is 3.35. The van der Waals surface area contributed by atoms with Crippen molar-refractivity contribution in [2.45, 2.75) is 32.1 Å². The van der Waals surface area contributed by atoms with Gasteiger partial charge in [0.25, 0.3) is 0 Å². The minimum Gasteiger partial charge on any atom is -0.300 e. The number of hydrogen-bond acceptors (Lipinski definition) is 2. The quantitative estimate of drug-likeness (QED) is 0.783. The van der Waals surface area contributed by atoms with Crippen LogP contribution in [0.4, 0.5) is 0 Å². The molecule has 0 radical (unpaired) electrons. The maximum absolute atomic E-state index is 11.9. The van der Waals surface area contributed by atoms with Crippen LogP contribution in [0.15, 0.2) is 36.7 Å². The van der Waals surface area contributed by atoms with Crippen molar-refractivity contribution in [3.8, 4) is 0 Å². The topological polar surface area (TPSA) is 30.0 Å². The Morgan fingerprint density at radius 1 is 1.17 bits per heavy atom. The predicted octanol–water partition coefficient (Wildman–Crippen LogP) is 3.78. The largest absolute Gasteiger partial charge is 0.300 e. The molecule has 94 valence electrons. The van der Waals surface area contributed by atoms with Gasteiger partial charge in [-0.15, -0.1) is 0 Å². The maximum atomic E-state index is 11.9. The highest BCUT2D eigenvalue weighted by Crippen LogP contribution is 2.30. The van der Waals surface area contributed by atoms with Crippen molar-refractivity contribution >= 4 is 24.6 Å². The number of pyridine rings is 1. The van der Waals surface area contributed by atoms with Crippen LogP contribution in [0.25, 0.3) is 10.8 Å². The number of hydrogen-bond donors (Lipinski definition) is 0. The molecule has 1 aromatic heterocycles. The average Bonchev–Trinajstić information content (AvgIpc) is 2.26. The third-order valence-corrected chi connectivity index (χ3v) is 5.74. The van der Waals surface area contributed by atoms with Gasteiger partial charge in [0.2, 0.25) is 0 Å². The van der Waals surface area contributed by atoms with Gasteiger partial charge < -0.3 is 0 Å². The van der Waals surface area contributed by atoms with Gasteiger partial charge >= 0.3 is 0 Å². The molecule has 0 bridgehead atoms. The standard InChI is InChI=1S/C15H19NOSi/c1-11(17)15(18(2,3)4)13-5-6-14-10-16-8-7-12(14)9-13/h5-10,15H,1-4H3/t15-/m1/s1. The van der Waals surface area contributed by atoms with Crippen LogP contribution in [-0.2, 0) is 4.79 Å². The molecule has 0 unspecified atom stereocenters. The molecular weight excluding hydrogens is 238 g/mol. The van der Waals surface area contributed by atoms with Crippen molar-refractivity contribution in [3.05, 3.63) is 42.2 Å². The molecule has 1 heterocycles. The molecule has 0 saturated carbocycles. The van der Waals surface area contributed by atoms with E-state index in [1.807, 2.05) is 12.3 Å². The highest BCUT2D eigenvalue weighted by molar-refractivity contribution is 6.80. The van der Waals surface area contributed by atoms with Crippen LogP contribution in [0.2, 0.25) is 19.6 Å². The van der Waals surface area contributed by atoms with Gasteiger partial charge in [-0.1, -0.05) is 37.8 Å². The molecule has 3 heteroatoms. The average molecular weight is 257 g/mol. The Balaban J connectivity index is 2.55. The zero-order valence-corrected chi connectivity index (χ0v) is 12.4. The van der Waals surface area contributed by atoms with Gasteiger partial charge in [-0.3, -0.25) is 9.78 Å². The molecule has 2 aromatic rings. The van der Waals surface area contributed by atoms with E-state index in [-0.39, 0.29) is 11.3 Å². The number of benzene rings is 1. The predicted molar refractivity (Wildman–Crippen MR) is 78.5 cm³/mol. The summed E-state index contributed by atoms with van der Waals surface area (Å²) in [6.45, 7) is 8.45. The monoisotopic (exact) mass is 257 g/mol. The van der Waals surface area contributed by atoms with Crippen LogP contribution < -0.4 is 0 Å². The normalized spacial score (nSPS) is 13.6. The summed E-state index contributed by atoms with van der Waals surface area (Å²) >= 11 is 0. The van der Waals surface area contributed by atoms with E-state index in [4.69, 9.17) is 0 Å². The fourth-order valence-electron chi connectivity index (χ4n) is 2.63. The second-order valence-electron chi connectivity index (χ2n) is 5.89. The van der Waals surface area contributed by atoms with Gasteiger partial charge in [0.05, 0.1) is 8.07 Å². The Hall–Kier alpha value is -1.48. The third kappa shape index (κ3) is 2.51. The second-order valence-corrected chi connectivity index (χ2v) is 11.2. The lowest BCUT2D eigenvalue weighted by Gasteiger charge is -2.27. The molecule has 0 aliphatic rings. The van der Waals surface area contributed by atoms with Crippen molar-refractivity contribution < 1.29 is 4.79 Å². The lowest BCUT2D eigenvalue weighted by atomic mass is 10.0. The number of nitrogens with zero attached hydrogens (tertiary/aromatic N) is 1. The first-order chi connectivity index (χ1) is 8.39. The van der Waals surface area contributed by atoms with Crippen LogP contribution in [0, 0.1) is 0 Å². The van der Waals surface area contributed by atoms with Gasteiger partial charge in [0.1, 0.15) is 5.78 Å². The molecule has 0 aliphatic heterocycles. The van der Waals surface area contributed by atoms with Crippen molar-refractivity contribution in [3.63, 3.8) is 0 Å². The first-order valence-corrected chi connectivity index (χ1v) is 9.81. The molecule has 0 aliphatic carbocycles. The first kappa shape index (κ1) is 13.0. The Morgan fingerprint density at radius 3 is 2.50 bits per heavy atom. The summed E-state index contributed by atoms with van der Waals surface area (Å²) in [4.78, 5) is 16.1. The fourth-order valence-corrected chi connectivity index (χ4v) is 5.03. The zero-order chi connectivity index (χ0) is 13.3. The lowest BCUT2D eigenvalue weighted by molar-refractivity contribution is -0.116. The molecule has 1 aromatic carbocycles. The Labute approximate surface area is 109 Å². The number of Topliss-reactive ketones (excluding diaryl/α,β-unsaturated/α-hetero) is 1. The fraction of sp³-hybridized carbons (Fsp3) is 0.333. The summed E-state index contributed by atoms with van der Waals surface area (Å²) in [5.74, 6) is 0.280. The van der Waals surface area contributed by atoms with Crippen molar-refractivity contribution in [2.75, 3.05) is 0 Å². The summed E-state index contributed by atoms with van der Waals surface area (Å²) in [6.07, 6.45) is 3.65. The van der Waals surface area contributed by atoms with E-state index < -0.39 is 8.07 Å². The number of aromatic nitrogens is 1. The van der Waals surface area contributed by atoms with Crippen LogP contribution in [0.1, 0.15) is 18.0 Å². The molecular formula is C15H19NOSi. The third-order valence-electron chi connectivity index (χ3n) is 3.27. The number of fused-ring (bicyclic) bond motifs is 1. The van der Waals surface area contributed by atoms with E-state index in [1.165, 1.54) is 0 Å². The van der Waals surface area contributed by atoms with Crippen LogP contribution in [0.5, 0.6) is 0 Å².